The molecule has 1 aromatic heterocycles. The summed E-state index contributed by atoms with van der Waals surface area (Å²) in [4.78, 5) is 7.16. The zero-order valence-corrected chi connectivity index (χ0v) is 18.4. The van der Waals surface area contributed by atoms with Crippen LogP contribution < -0.4 is 5.32 Å². The third-order valence-electron chi connectivity index (χ3n) is 6.06. The molecular weight excluding hydrogens is 390 g/mol. The molecule has 0 unspecified atom stereocenters. The van der Waals surface area contributed by atoms with Gasteiger partial charge in [-0.05, 0) is 80.7 Å². The van der Waals surface area contributed by atoms with Crippen molar-refractivity contribution in [1.29, 1.82) is 0 Å². The number of aryl methyl sites for hydroxylation is 2. The van der Waals surface area contributed by atoms with Crippen LogP contribution in [-0.2, 0) is 19.4 Å². The van der Waals surface area contributed by atoms with Crippen molar-refractivity contribution in [1.82, 2.24) is 15.2 Å². The SMILES string of the molecule is CN(Cc1ccc(CCc2ccc(-c3ccc(Cl)cc3)cn2)cc1)C1CCNCC1. The van der Waals surface area contributed by atoms with E-state index in [2.05, 4.69) is 58.6 Å². The maximum atomic E-state index is 5.97. The minimum atomic E-state index is 0.702. The van der Waals surface area contributed by atoms with Crippen LogP contribution in [0.3, 0.4) is 0 Å². The highest BCUT2D eigenvalue weighted by atomic mass is 35.5. The van der Waals surface area contributed by atoms with Crippen molar-refractivity contribution in [3.8, 4) is 11.1 Å². The van der Waals surface area contributed by atoms with Crippen molar-refractivity contribution in [3.63, 3.8) is 0 Å². The summed E-state index contributed by atoms with van der Waals surface area (Å²) in [5.74, 6) is 0. The molecule has 156 valence electrons. The normalized spacial score (nSPS) is 14.9. The molecule has 1 fully saturated rings. The van der Waals surface area contributed by atoms with Crippen LogP contribution in [-0.4, -0.2) is 36.1 Å². The Kier molecular flexibility index (Phi) is 7.16. The van der Waals surface area contributed by atoms with E-state index in [-0.39, 0.29) is 0 Å². The van der Waals surface area contributed by atoms with Crippen LogP contribution in [0, 0.1) is 0 Å². The van der Waals surface area contributed by atoms with E-state index in [1.54, 1.807) is 0 Å². The smallest absolute Gasteiger partial charge is 0.0407 e. The Hall–Kier alpha value is -2.20. The van der Waals surface area contributed by atoms with Crippen molar-refractivity contribution < 1.29 is 0 Å². The first-order valence-corrected chi connectivity index (χ1v) is 11.2. The molecule has 1 aliphatic rings. The summed E-state index contributed by atoms with van der Waals surface area (Å²) in [6, 6.07) is 22.0. The van der Waals surface area contributed by atoms with Crippen LogP contribution in [0.2, 0.25) is 5.02 Å². The molecule has 4 heteroatoms. The highest BCUT2D eigenvalue weighted by Gasteiger charge is 2.17. The molecule has 0 saturated carbocycles. The van der Waals surface area contributed by atoms with E-state index in [4.69, 9.17) is 11.6 Å². The first-order valence-electron chi connectivity index (χ1n) is 10.9. The molecule has 1 saturated heterocycles. The minimum Gasteiger partial charge on any atom is -0.317 e. The average Bonchev–Trinajstić information content (AvgIpc) is 2.80. The molecule has 1 aliphatic heterocycles. The third-order valence-corrected chi connectivity index (χ3v) is 6.31. The number of hydrogen-bond acceptors (Lipinski definition) is 3. The highest BCUT2D eigenvalue weighted by molar-refractivity contribution is 6.30. The number of aromatic nitrogens is 1. The van der Waals surface area contributed by atoms with E-state index in [9.17, 15) is 0 Å². The van der Waals surface area contributed by atoms with Crippen molar-refractivity contribution in [2.75, 3.05) is 20.1 Å². The van der Waals surface area contributed by atoms with Crippen LogP contribution in [0.1, 0.15) is 29.7 Å². The summed E-state index contributed by atoms with van der Waals surface area (Å²) >= 11 is 5.97. The summed E-state index contributed by atoms with van der Waals surface area (Å²) < 4.78 is 0. The summed E-state index contributed by atoms with van der Waals surface area (Å²) in [6.45, 7) is 3.31. The van der Waals surface area contributed by atoms with Gasteiger partial charge in [-0.2, -0.15) is 0 Å². The second kappa shape index (κ2) is 10.2. The third kappa shape index (κ3) is 5.69. The van der Waals surface area contributed by atoms with Gasteiger partial charge in [0, 0.05) is 35.1 Å². The highest BCUT2D eigenvalue weighted by Crippen LogP contribution is 2.21. The van der Waals surface area contributed by atoms with Crippen molar-refractivity contribution in [2.45, 2.75) is 38.3 Å². The van der Waals surface area contributed by atoms with Crippen molar-refractivity contribution >= 4 is 11.6 Å². The molecule has 0 aliphatic carbocycles. The fourth-order valence-corrected chi connectivity index (χ4v) is 4.26. The molecule has 2 aromatic carbocycles. The number of piperidine rings is 1. The Bertz CT molecular complexity index is 914. The predicted octanol–water partition coefficient (Wildman–Crippen LogP) is 5.37. The van der Waals surface area contributed by atoms with Gasteiger partial charge in [-0.25, -0.2) is 0 Å². The maximum Gasteiger partial charge on any atom is 0.0407 e. The molecule has 3 aromatic rings. The van der Waals surface area contributed by atoms with Gasteiger partial charge in [-0.1, -0.05) is 54.1 Å². The molecule has 0 amide bonds. The van der Waals surface area contributed by atoms with E-state index >= 15 is 0 Å². The minimum absolute atomic E-state index is 0.702. The van der Waals surface area contributed by atoms with E-state index < -0.39 is 0 Å². The molecule has 0 bridgehead atoms. The molecule has 0 radical (unpaired) electrons. The molecule has 30 heavy (non-hydrogen) atoms. The Labute approximate surface area is 185 Å². The zero-order valence-electron chi connectivity index (χ0n) is 17.7. The molecule has 0 spiro atoms. The quantitative estimate of drug-likeness (QED) is 0.557. The second-order valence-corrected chi connectivity index (χ2v) is 8.69. The largest absolute Gasteiger partial charge is 0.317 e. The lowest BCUT2D eigenvalue weighted by atomic mass is 10.0. The van der Waals surface area contributed by atoms with E-state index in [0.29, 0.717) is 6.04 Å². The monoisotopic (exact) mass is 419 g/mol. The molecule has 4 rings (SSSR count). The summed E-state index contributed by atoms with van der Waals surface area (Å²) in [5, 5.41) is 4.20. The van der Waals surface area contributed by atoms with Crippen LogP contribution in [0.5, 0.6) is 0 Å². The van der Waals surface area contributed by atoms with Gasteiger partial charge in [-0.15, -0.1) is 0 Å². The van der Waals surface area contributed by atoms with Crippen LogP contribution >= 0.6 is 11.6 Å². The number of nitrogens with zero attached hydrogens (tertiary/aromatic N) is 2. The topological polar surface area (TPSA) is 28.2 Å². The second-order valence-electron chi connectivity index (χ2n) is 8.26. The van der Waals surface area contributed by atoms with E-state index in [0.717, 1.165) is 54.3 Å². The van der Waals surface area contributed by atoms with Crippen LogP contribution in [0.25, 0.3) is 11.1 Å². The van der Waals surface area contributed by atoms with Gasteiger partial charge < -0.3 is 5.32 Å². The molecular formula is C26H30ClN3. The Morgan fingerprint density at radius 1 is 0.867 bits per heavy atom. The van der Waals surface area contributed by atoms with Crippen molar-refractivity contribution in [2.24, 2.45) is 0 Å². The Balaban J connectivity index is 1.29. The fraction of sp³-hybridized carbons (Fsp3) is 0.346. The lowest BCUT2D eigenvalue weighted by Crippen LogP contribution is -2.40. The van der Waals surface area contributed by atoms with Crippen molar-refractivity contribution in [3.05, 3.63) is 88.7 Å². The van der Waals surface area contributed by atoms with Gasteiger partial charge in [0.05, 0.1) is 0 Å². The summed E-state index contributed by atoms with van der Waals surface area (Å²) in [6.07, 6.45) is 6.42. The number of rotatable bonds is 7. The average molecular weight is 420 g/mol. The first kappa shape index (κ1) is 21.0. The number of halogens is 1. The lowest BCUT2D eigenvalue weighted by Gasteiger charge is -2.31. The van der Waals surface area contributed by atoms with E-state index in [1.807, 2.05) is 30.5 Å². The van der Waals surface area contributed by atoms with Crippen LogP contribution in [0.4, 0.5) is 0 Å². The molecule has 2 heterocycles. The maximum absolute atomic E-state index is 5.97. The van der Waals surface area contributed by atoms with Crippen LogP contribution in [0.15, 0.2) is 66.9 Å². The van der Waals surface area contributed by atoms with Gasteiger partial charge in [-0.3, -0.25) is 9.88 Å². The lowest BCUT2D eigenvalue weighted by molar-refractivity contribution is 0.192. The summed E-state index contributed by atoms with van der Waals surface area (Å²) in [5.41, 5.74) is 6.15. The molecule has 1 N–H and O–H groups in total. The molecule has 0 atom stereocenters. The Morgan fingerprint density at radius 3 is 2.20 bits per heavy atom. The van der Waals surface area contributed by atoms with Gasteiger partial charge >= 0.3 is 0 Å². The standard InChI is InChI=1S/C26H30ClN3/c1-30(26-14-16-28-17-15-26)19-21-4-2-20(3-5-21)6-12-25-13-9-23(18-29-25)22-7-10-24(27)11-8-22/h2-5,7-11,13,18,26,28H,6,12,14-17,19H2,1H3. The summed E-state index contributed by atoms with van der Waals surface area (Å²) in [7, 11) is 2.25. The number of nitrogens with one attached hydrogen (secondary N) is 1. The first-order chi connectivity index (χ1) is 14.7. The number of hydrogen-bond donors (Lipinski definition) is 1. The fourth-order valence-electron chi connectivity index (χ4n) is 4.13. The number of benzene rings is 2. The molecule has 3 nitrogen and oxygen atoms in total. The van der Waals surface area contributed by atoms with Gasteiger partial charge in [0.25, 0.3) is 0 Å². The van der Waals surface area contributed by atoms with E-state index in [1.165, 1.54) is 24.0 Å². The number of pyridine rings is 1. The van der Waals surface area contributed by atoms with Gasteiger partial charge in [0.1, 0.15) is 0 Å². The predicted molar refractivity (Wildman–Crippen MR) is 126 cm³/mol. The zero-order chi connectivity index (χ0) is 20.8. The Morgan fingerprint density at radius 2 is 1.53 bits per heavy atom. The van der Waals surface area contributed by atoms with Gasteiger partial charge in [0.2, 0.25) is 0 Å². The van der Waals surface area contributed by atoms with Gasteiger partial charge in [0.15, 0.2) is 0 Å².